The van der Waals surface area contributed by atoms with Gasteiger partial charge in [0.05, 0.1) is 17.1 Å². The van der Waals surface area contributed by atoms with Gasteiger partial charge < -0.3 is 9.84 Å². The summed E-state index contributed by atoms with van der Waals surface area (Å²) in [6.07, 6.45) is -6.22. The van der Waals surface area contributed by atoms with Gasteiger partial charge in [-0.25, -0.2) is 0 Å². The van der Waals surface area contributed by atoms with Gasteiger partial charge in [0.2, 0.25) is 0 Å². The van der Waals surface area contributed by atoms with E-state index in [-0.39, 0.29) is 27.7 Å². The van der Waals surface area contributed by atoms with Crippen LogP contribution in [0.25, 0.3) is 0 Å². The first-order valence-corrected chi connectivity index (χ1v) is 8.24. The molecule has 11 heteroatoms. The van der Waals surface area contributed by atoms with Crippen molar-refractivity contribution >= 4 is 17.3 Å². The van der Waals surface area contributed by atoms with Crippen molar-refractivity contribution in [3.8, 4) is 5.75 Å². The molecule has 1 unspecified atom stereocenters. The maximum atomic E-state index is 13.5. The van der Waals surface area contributed by atoms with Gasteiger partial charge in [-0.15, -0.1) is 0 Å². The van der Waals surface area contributed by atoms with Gasteiger partial charge in [0.25, 0.3) is 17.3 Å². The van der Waals surface area contributed by atoms with Crippen molar-refractivity contribution in [2.45, 2.75) is 18.3 Å². The third kappa shape index (κ3) is 4.04. The number of carbonyl (C=O) groups is 1. The van der Waals surface area contributed by atoms with E-state index in [1.165, 1.54) is 24.3 Å². The first-order chi connectivity index (χ1) is 13.6. The maximum Gasteiger partial charge on any atom is 0.438 e. The fraction of sp³-hybridized carbons (Fsp3) is 0.222. The van der Waals surface area contributed by atoms with Crippen molar-refractivity contribution in [2.75, 3.05) is 6.61 Å². The average molecular weight is 409 g/mol. The number of hydrazone groups is 1. The lowest BCUT2D eigenvalue weighted by atomic mass is 10.0. The number of carbonyl (C=O) groups excluding carboxylic acids is 1. The van der Waals surface area contributed by atoms with Crippen molar-refractivity contribution in [2.24, 2.45) is 5.10 Å². The van der Waals surface area contributed by atoms with Gasteiger partial charge in [-0.3, -0.25) is 14.9 Å². The summed E-state index contributed by atoms with van der Waals surface area (Å²) in [5, 5.41) is 24.5. The summed E-state index contributed by atoms with van der Waals surface area (Å²) in [6, 6.07) is 12.5. The van der Waals surface area contributed by atoms with E-state index in [0.717, 1.165) is 12.1 Å². The van der Waals surface area contributed by atoms with Crippen LogP contribution in [0.5, 0.6) is 5.75 Å². The standard InChI is InChI=1S/C18H14F3N3O5/c19-18(20,21)17(26)10-15(12-6-8-13(9-7-12)24(27)28)22-23(17)16(25)11-29-14-4-2-1-3-5-14/h1-9,26H,10-11H2. The molecular formula is C18H14F3N3O5. The number of para-hydroxylation sites is 1. The fourth-order valence-corrected chi connectivity index (χ4v) is 2.69. The highest BCUT2D eigenvalue weighted by Gasteiger charge is 2.63. The predicted molar refractivity (Wildman–Crippen MR) is 94.0 cm³/mol. The molecule has 0 saturated heterocycles. The summed E-state index contributed by atoms with van der Waals surface area (Å²) in [4.78, 5) is 22.4. The first-order valence-electron chi connectivity index (χ1n) is 8.24. The number of halogens is 3. The molecule has 0 radical (unpaired) electrons. The smallest absolute Gasteiger partial charge is 0.438 e. The number of ether oxygens (including phenoxy) is 1. The second-order valence-electron chi connectivity index (χ2n) is 6.15. The molecule has 0 spiro atoms. The summed E-state index contributed by atoms with van der Waals surface area (Å²) in [7, 11) is 0. The predicted octanol–water partition coefficient (Wildman–Crippen LogP) is 2.86. The van der Waals surface area contributed by atoms with E-state index >= 15 is 0 Å². The van der Waals surface area contributed by atoms with Crippen LogP contribution in [0, 0.1) is 10.1 Å². The molecule has 0 aromatic heterocycles. The van der Waals surface area contributed by atoms with Crippen LogP contribution < -0.4 is 4.74 Å². The Morgan fingerprint density at radius 3 is 2.38 bits per heavy atom. The van der Waals surface area contributed by atoms with E-state index in [4.69, 9.17) is 4.74 Å². The van der Waals surface area contributed by atoms with Crippen molar-refractivity contribution in [1.29, 1.82) is 0 Å². The number of aliphatic hydroxyl groups is 1. The van der Waals surface area contributed by atoms with Crippen molar-refractivity contribution in [1.82, 2.24) is 5.01 Å². The minimum atomic E-state index is -5.19. The number of rotatable bonds is 5. The number of nitro groups is 1. The van der Waals surface area contributed by atoms with Gasteiger partial charge in [-0.2, -0.15) is 23.3 Å². The molecule has 1 atom stereocenters. The van der Waals surface area contributed by atoms with Crippen molar-refractivity contribution in [3.63, 3.8) is 0 Å². The van der Waals surface area contributed by atoms with E-state index in [9.17, 15) is 33.2 Å². The normalized spacial score (nSPS) is 19.0. The minimum Gasteiger partial charge on any atom is -0.484 e. The Kier molecular flexibility index (Phi) is 5.25. The third-order valence-electron chi connectivity index (χ3n) is 4.19. The highest BCUT2D eigenvalue weighted by molar-refractivity contribution is 6.03. The molecule has 0 aliphatic carbocycles. The maximum absolute atomic E-state index is 13.5. The molecular weight excluding hydrogens is 395 g/mol. The Bertz CT molecular complexity index is 947. The lowest BCUT2D eigenvalue weighted by molar-refractivity contribution is -0.384. The van der Waals surface area contributed by atoms with Gasteiger partial charge >= 0.3 is 6.18 Å². The van der Waals surface area contributed by atoms with Gasteiger partial charge in [0, 0.05) is 12.1 Å². The number of hydrogen-bond donors (Lipinski definition) is 1. The molecule has 0 bridgehead atoms. The number of alkyl halides is 3. The van der Waals surface area contributed by atoms with Crippen molar-refractivity contribution in [3.05, 3.63) is 70.3 Å². The molecule has 1 amide bonds. The zero-order chi connectivity index (χ0) is 21.2. The zero-order valence-electron chi connectivity index (χ0n) is 14.7. The van der Waals surface area contributed by atoms with E-state index in [2.05, 4.69) is 5.10 Å². The monoisotopic (exact) mass is 409 g/mol. The molecule has 8 nitrogen and oxygen atoms in total. The van der Waals surface area contributed by atoms with Gasteiger partial charge in [0.1, 0.15) is 5.75 Å². The van der Waals surface area contributed by atoms with Crippen LogP contribution >= 0.6 is 0 Å². The van der Waals surface area contributed by atoms with Crippen LogP contribution in [0.4, 0.5) is 18.9 Å². The number of amides is 1. The second kappa shape index (κ2) is 7.51. The molecule has 1 aliphatic rings. The highest BCUT2D eigenvalue weighted by atomic mass is 19.4. The summed E-state index contributed by atoms with van der Waals surface area (Å²) in [5.74, 6) is -0.944. The summed E-state index contributed by atoms with van der Waals surface area (Å²) >= 11 is 0. The number of nitrogens with zero attached hydrogens (tertiary/aromatic N) is 3. The van der Waals surface area contributed by atoms with Crippen LogP contribution in [0.15, 0.2) is 59.7 Å². The largest absolute Gasteiger partial charge is 0.484 e. The third-order valence-corrected chi connectivity index (χ3v) is 4.19. The SMILES string of the molecule is O=C(COc1ccccc1)N1N=C(c2ccc([N+](=O)[O-])cc2)CC1(O)C(F)(F)F. The molecule has 0 fully saturated rings. The molecule has 152 valence electrons. The summed E-state index contributed by atoms with van der Waals surface area (Å²) < 4.78 is 45.7. The first kappa shape index (κ1) is 20.3. The molecule has 2 aromatic rings. The van der Waals surface area contributed by atoms with Crippen LogP contribution in [-0.4, -0.2) is 45.2 Å². The van der Waals surface area contributed by atoms with E-state index < -0.39 is 35.8 Å². The number of hydrogen-bond acceptors (Lipinski definition) is 6. The Hall–Kier alpha value is -3.47. The van der Waals surface area contributed by atoms with Gasteiger partial charge in [-0.1, -0.05) is 18.2 Å². The Balaban J connectivity index is 1.86. The highest BCUT2D eigenvalue weighted by Crippen LogP contribution is 2.41. The molecule has 0 saturated carbocycles. The summed E-state index contributed by atoms with van der Waals surface area (Å²) in [6.45, 7) is -0.778. The fourth-order valence-electron chi connectivity index (χ4n) is 2.69. The quantitative estimate of drug-likeness (QED) is 0.604. The van der Waals surface area contributed by atoms with Crippen LogP contribution in [0.3, 0.4) is 0 Å². The Morgan fingerprint density at radius 1 is 1.21 bits per heavy atom. The lowest BCUT2D eigenvalue weighted by Gasteiger charge is -2.32. The number of non-ortho nitro benzene ring substituents is 1. The van der Waals surface area contributed by atoms with Crippen molar-refractivity contribution < 1.29 is 32.7 Å². The van der Waals surface area contributed by atoms with E-state index in [0.29, 0.717) is 0 Å². The second-order valence-corrected chi connectivity index (χ2v) is 6.15. The van der Waals surface area contributed by atoms with Gasteiger partial charge in [-0.05, 0) is 29.8 Å². The minimum absolute atomic E-state index is 0.0489. The topological polar surface area (TPSA) is 105 Å². The summed E-state index contributed by atoms with van der Waals surface area (Å²) in [5.41, 5.74) is -3.95. The Labute approximate surface area is 162 Å². The van der Waals surface area contributed by atoms with Gasteiger partial charge in [0.15, 0.2) is 6.61 Å². The zero-order valence-corrected chi connectivity index (χ0v) is 14.7. The number of benzene rings is 2. The average Bonchev–Trinajstić information content (AvgIpc) is 3.06. The molecule has 1 aliphatic heterocycles. The molecule has 29 heavy (non-hydrogen) atoms. The molecule has 3 rings (SSSR count). The van der Waals surface area contributed by atoms with Crippen LogP contribution in [-0.2, 0) is 4.79 Å². The van der Waals surface area contributed by atoms with Crippen LogP contribution in [0.2, 0.25) is 0 Å². The Morgan fingerprint density at radius 2 is 1.83 bits per heavy atom. The molecule has 1 heterocycles. The van der Waals surface area contributed by atoms with E-state index in [1.807, 2.05) is 0 Å². The lowest BCUT2D eigenvalue weighted by Crippen LogP contribution is -2.57. The molecule has 1 N–H and O–H groups in total. The molecule has 2 aromatic carbocycles. The van der Waals surface area contributed by atoms with E-state index in [1.54, 1.807) is 18.2 Å². The van der Waals surface area contributed by atoms with Crippen LogP contribution in [0.1, 0.15) is 12.0 Å². The number of nitro benzene ring substituents is 1.